The van der Waals surface area contributed by atoms with Gasteiger partial charge in [0.1, 0.15) is 5.69 Å². The van der Waals surface area contributed by atoms with Gasteiger partial charge in [0.05, 0.1) is 16.1 Å². The molecular formula is C8H7IN4O. The Morgan fingerprint density at radius 3 is 2.86 bits per heavy atom. The number of hydrogen-bond acceptors (Lipinski definition) is 3. The van der Waals surface area contributed by atoms with E-state index in [2.05, 4.69) is 15.0 Å². The number of aromatic nitrogens is 4. The van der Waals surface area contributed by atoms with Gasteiger partial charge < -0.3 is 9.55 Å². The van der Waals surface area contributed by atoms with Crippen LogP contribution >= 0.6 is 22.6 Å². The lowest BCUT2D eigenvalue weighted by Crippen LogP contribution is -2.12. The Labute approximate surface area is 93.4 Å². The van der Waals surface area contributed by atoms with Crippen LogP contribution in [0.5, 0.6) is 0 Å². The molecule has 1 N–H and O–H groups in total. The highest BCUT2D eigenvalue weighted by Gasteiger charge is 2.05. The van der Waals surface area contributed by atoms with Crippen LogP contribution in [0.25, 0.3) is 11.5 Å². The molecule has 0 aromatic carbocycles. The Kier molecular flexibility index (Phi) is 2.36. The molecule has 14 heavy (non-hydrogen) atoms. The molecule has 0 radical (unpaired) electrons. The second kappa shape index (κ2) is 3.52. The number of imidazole rings is 1. The summed E-state index contributed by atoms with van der Waals surface area (Å²) in [6.45, 7) is 0. The van der Waals surface area contributed by atoms with Gasteiger partial charge in [0.15, 0.2) is 5.82 Å². The molecular weight excluding hydrogens is 295 g/mol. The first-order valence-electron chi connectivity index (χ1n) is 3.90. The molecule has 2 aromatic rings. The van der Waals surface area contributed by atoms with Crippen LogP contribution in [0.2, 0.25) is 0 Å². The maximum Gasteiger partial charge on any atom is 0.264 e. The highest BCUT2D eigenvalue weighted by molar-refractivity contribution is 14.1. The highest BCUT2D eigenvalue weighted by Crippen LogP contribution is 2.10. The van der Waals surface area contributed by atoms with Gasteiger partial charge in [0.2, 0.25) is 0 Å². The van der Waals surface area contributed by atoms with E-state index < -0.39 is 0 Å². The predicted molar refractivity (Wildman–Crippen MR) is 59.8 cm³/mol. The lowest BCUT2D eigenvalue weighted by atomic mass is 10.4. The topological polar surface area (TPSA) is 63.6 Å². The standard InChI is InChI=1S/C8H7IN4O/c1-13-4-10-3-6(13)7-11-2-5(9)8(14)12-7/h2-4H,1H3,(H,11,12,14). The van der Waals surface area contributed by atoms with Crippen LogP contribution in [0.15, 0.2) is 23.5 Å². The maximum atomic E-state index is 11.3. The molecule has 6 heteroatoms. The quantitative estimate of drug-likeness (QED) is 0.792. The molecule has 0 aliphatic heterocycles. The van der Waals surface area contributed by atoms with E-state index in [1.807, 2.05) is 29.6 Å². The molecule has 2 rings (SSSR count). The second-order valence-corrected chi connectivity index (χ2v) is 3.96. The predicted octanol–water partition coefficient (Wildman–Crippen LogP) is 0.775. The van der Waals surface area contributed by atoms with Gasteiger partial charge in [-0.05, 0) is 22.6 Å². The fourth-order valence-electron chi connectivity index (χ4n) is 1.09. The van der Waals surface area contributed by atoms with Crippen molar-refractivity contribution in [2.24, 2.45) is 7.05 Å². The lowest BCUT2D eigenvalue weighted by Gasteiger charge is -2.00. The molecule has 2 heterocycles. The minimum absolute atomic E-state index is 0.128. The third-order valence-electron chi connectivity index (χ3n) is 1.82. The van der Waals surface area contributed by atoms with E-state index in [1.54, 1.807) is 23.3 Å². The molecule has 0 atom stereocenters. The van der Waals surface area contributed by atoms with Gasteiger partial charge in [0.25, 0.3) is 5.56 Å². The Morgan fingerprint density at radius 1 is 1.50 bits per heavy atom. The summed E-state index contributed by atoms with van der Waals surface area (Å²) in [6.07, 6.45) is 4.86. The zero-order chi connectivity index (χ0) is 10.1. The van der Waals surface area contributed by atoms with E-state index in [4.69, 9.17) is 0 Å². The number of halogens is 1. The van der Waals surface area contributed by atoms with Gasteiger partial charge in [-0.1, -0.05) is 0 Å². The molecule has 0 saturated heterocycles. The fourth-order valence-corrected chi connectivity index (χ4v) is 1.37. The Morgan fingerprint density at radius 2 is 2.29 bits per heavy atom. The monoisotopic (exact) mass is 302 g/mol. The minimum atomic E-state index is -0.128. The summed E-state index contributed by atoms with van der Waals surface area (Å²) in [7, 11) is 1.85. The summed E-state index contributed by atoms with van der Waals surface area (Å²) in [4.78, 5) is 22.1. The van der Waals surface area contributed by atoms with E-state index in [0.29, 0.717) is 9.39 Å². The molecule has 0 saturated carbocycles. The van der Waals surface area contributed by atoms with Gasteiger partial charge in [0, 0.05) is 13.2 Å². The molecule has 0 amide bonds. The molecule has 0 aliphatic rings. The van der Waals surface area contributed by atoms with Crippen LogP contribution in [0.3, 0.4) is 0 Å². The molecule has 0 fully saturated rings. The smallest absolute Gasteiger partial charge is 0.264 e. The second-order valence-electron chi connectivity index (χ2n) is 2.80. The fraction of sp³-hybridized carbons (Fsp3) is 0.125. The molecule has 72 valence electrons. The number of aromatic amines is 1. The lowest BCUT2D eigenvalue weighted by molar-refractivity contribution is 0.905. The molecule has 2 aromatic heterocycles. The Hall–Kier alpha value is -1.18. The van der Waals surface area contributed by atoms with Gasteiger partial charge in [-0.15, -0.1) is 0 Å². The number of rotatable bonds is 1. The van der Waals surface area contributed by atoms with Gasteiger partial charge >= 0.3 is 0 Å². The van der Waals surface area contributed by atoms with Crippen molar-refractivity contribution in [2.75, 3.05) is 0 Å². The van der Waals surface area contributed by atoms with E-state index in [-0.39, 0.29) is 5.56 Å². The highest BCUT2D eigenvalue weighted by atomic mass is 127. The van der Waals surface area contributed by atoms with E-state index in [1.165, 1.54) is 0 Å². The number of nitrogens with zero attached hydrogens (tertiary/aromatic N) is 3. The van der Waals surface area contributed by atoms with Crippen molar-refractivity contribution < 1.29 is 0 Å². The largest absolute Gasteiger partial charge is 0.331 e. The number of aryl methyl sites for hydroxylation is 1. The molecule has 0 aliphatic carbocycles. The van der Waals surface area contributed by atoms with Crippen molar-refractivity contribution in [1.29, 1.82) is 0 Å². The van der Waals surface area contributed by atoms with E-state index in [9.17, 15) is 4.79 Å². The third-order valence-corrected chi connectivity index (χ3v) is 2.58. The van der Waals surface area contributed by atoms with Gasteiger partial charge in [-0.25, -0.2) is 9.97 Å². The van der Waals surface area contributed by atoms with Crippen LogP contribution in [0, 0.1) is 3.57 Å². The average Bonchev–Trinajstić information content (AvgIpc) is 2.57. The molecule has 0 spiro atoms. The number of nitrogens with one attached hydrogen (secondary N) is 1. The number of H-pyrrole nitrogens is 1. The van der Waals surface area contributed by atoms with Crippen molar-refractivity contribution >= 4 is 22.6 Å². The average molecular weight is 302 g/mol. The summed E-state index contributed by atoms with van der Waals surface area (Å²) in [6, 6.07) is 0. The van der Waals surface area contributed by atoms with Gasteiger partial charge in [-0.2, -0.15) is 0 Å². The van der Waals surface area contributed by atoms with E-state index >= 15 is 0 Å². The minimum Gasteiger partial charge on any atom is -0.331 e. The zero-order valence-corrected chi connectivity index (χ0v) is 9.52. The van der Waals surface area contributed by atoms with Crippen LogP contribution in [-0.4, -0.2) is 19.5 Å². The third kappa shape index (κ3) is 1.57. The van der Waals surface area contributed by atoms with Crippen LogP contribution in [-0.2, 0) is 7.05 Å². The first-order valence-corrected chi connectivity index (χ1v) is 4.98. The van der Waals surface area contributed by atoms with Gasteiger partial charge in [-0.3, -0.25) is 4.79 Å². The molecule has 5 nitrogen and oxygen atoms in total. The summed E-state index contributed by atoms with van der Waals surface area (Å²) in [5, 5.41) is 0. The zero-order valence-electron chi connectivity index (χ0n) is 7.36. The maximum absolute atomic E-state index is 11.3. The van der Waals surface area contributed by atoms with Crippen LogP contribution in [0.1, 0.15) is 0 Å². The summed E-state index contributed by atoms with van der Waals surface area (Å²) < 4.78 is 2.37. The number of hydrogen-bond donors (Lipinski definition) is 1. The SMILES string of the molecule is Cn1cncc1-c1ncc(I)c(=O)[nH]1. The van der Waals surface area contributed by atoms with Crippen LogP contribution in [0.4, 0.5) is 0 Å². The van der Waals surface area contributed by atoms with Crippen molar-refractivity contribution in [3.63, 3.8) is 0 Å². The summed E-state index contributed by atoms with van der Waals surface area (Å²) >= 11 is 1.94. The van der Waals surface area contributed by atoms with Crippen molar-refractivity contribution in [3.8, 4) is 11.5 Å². The summed E-state index contributed by atoms with van der Waals surface area (Å²) in [5.74, 6) is 0.537. The summed E-state index contributed by atoms with van der Waals surface area (Å²) in [5.41, 5.74) is 0.662. The van der Waals surface area contributed by atoms with Crippen LogP contribution < -0.4 is 5.56 Å². The van der Waals surface area contributed by atoms with Crippen molar-refractivity contribution in [2.45, 2.75) is 0 Å². The first kappa shape index (κ1) is 9.38. The van der Waals surface area contributed by atoms with Crippen molar-refractivity contribution in [1.82, 2.24) is 19.5 Å². The Balaban J connectivity index is 2.59. The molecule has 0 bridgehead atoms. The molecule has 0 unspecified atom stereocenters. The normalized spacial score (nSPS) is 10.4. The Bertz CT molecular complexity index is 516. The van der Waals surface area contributed by atoms with E-state index in [0.717, 1.165) is 5.69 Å². The first-order chi connectivity index (χ1) is 6.68. The van der Waals surface area contributed by atoms with Crippen molar-refractivity contribution in [3.05, 3.63) is 32.6 Å².